The van der Waals surface area contributed by atoms with Crippen LogP contribution in [-0.2, 0) is 16.0 Å². The van der Waals surface area contributed by atoms with Gasteiger partial charge in [0.05, 0.1) is 0 Å². The molecule has 0 spiro atoms. The Labute approximate surface area is 110 Å². The van der Waals surface area contributed by atoms with E-state index in [9.17, 15) is 14.4 Å². The third-order valence-electron chi connectivity index (χ3n) is 3.10. The summed E-state index contributed by atoms with van der Waals surface area (Å²) in [5, 5.41) is 8.82. The van der Waals surface area contributed by atoms with Crippen molar-refractivity contribution in [3.05, 3.63) is 35.9 Å². The second-order valence-corrected chi connectivity index (χ2v) is 4.41. The van der Waals surface area contributed by atoms with Crippen LogP contribution in [0.2, 0.25) is 0 Å². The largest absolute Gasteiger partial charge is 0.480 e. The number of aliphatic carboxylic acids is 1. The number of urea groups is 1. The number of carbonyl (C=O) groups excluding carboxylic acids is 2. The smallest absolute Gasteiger partial charge is 0.327 e. The first-order valence-corrected chi connectivity index (χ1v) is 5.84. The molecule has 3 amide bonds. The van der Waals surface area contributed by atoms with Crippen molar-refractivity contribution in [2.75, 3.05) is 13.6 Å². The number of likely N-dealkylation sites (N-methyl/N-ethyl adjacent to an activating group) is 1. The molecular weight excluding hydrogens is 248 g/mol. The molecule has 1 unspecified atom stereocenters. The van der Waals surface area contributed by atoms with E-state index in [4.69, 9.17) is 5.11 Å². The summed E-state index contributed by atoms with van der Waals surface area (Å²) in [5.74, 6) is -1.50. The molecule has 6 nitrogen and oxygen atoms in total. The number of hydrogen-bond donors (Lipinski definition) is 1. The molecule has 0 aromatic heterocycles. The maximum Gasteiger partial charge on any atom is 0.327 e. The molecule has 1 aromatic rings. The van der Waals surface area contributed by atoms with Crippen LogP contribution in [0.4, 0.5) is 4.79 Å². The molecule has 1 N–H and O–H groups in total. The standard InChI is InChI=1S/C13H14N2O4/c1-14-12(18)10(7-9-5-3-2-4-6-9)15(13(14)19)8-11(16)17/h2-6,10H,7-8H2,1H3,(H,16,17). The van der Waals surface area contributed by atoms with Gasteiger partial charge in [0.2, 0.25) is 0 Å². The molecule has 6 heteroatoms. The van der Waals surface area contributed by atoms with Crippen LogP contribution in [0.25, 0.3) is 0 Å². The summed E-state index contributed by atoms with van der Waals surface area (Å²) in [4.78, 5) is 36.7. The lowest BCUT2D eigenvalue weighted by Gasteiger charge is -2.19. The van der Waals surface area contributed by atoms with Crippen molar-refractivity contribution in [2.45, 2.75) is 12.5 Å². The van der Waals surface area contributed by atoms with Gasteiger partial charge in [-0.3, -0.25) is 14.5 Å². The predicted octanol–water partition coefficient (Wildman–Crippen LogP) is 0.576. The number of rotatable bonds is 4. The van der Waals surface area contributed by atoms with Crippen LogP contribution < -0.4 is 0 Å². The Morgan fingerprint density at radius 3 is 2.47 bits per heavy atom. The molecule has 0 aliphatic carbocycles. The highest BCUT2D eigenvalue weighted by Crippen LogP contribution is 2.19. The Hall–Kier alpha value is -2.37. The third-order valence-corrected chi connectivity index (χ3v) is 3.10. The van der Waals surface area contributed by atoms with Crippen molar-refractivity contribution in [1.29, 1.82) is 0 Å². The lowest BCUT2D eigenvalue weighted by molar-refractivity contribution is -0.138. The highest BCUT2D eigenvalue weighted by atomic mass is 16.4. The monoisotopic (exact) mass is 262 g/mol. The van der Waals surface area contributed by atoms with Gasteiger partial charge in [-0.2, -0.15) is 0 Å². The van der Waals surface area contributed by atoms with Crippen LogP contribution in [0.5, 0.6) is 0 Å². The molecule has 1 fully saturated rings. The summed E-state index contributed by atoms with van der Waals surface area (Å²) in [6.45, 7) is -0.466. The van der Waals surface area contributed by atoms with E-state index in [1.165, 1.54) is 7.05 Å². The summed E-state index contributed by atoms with van der Waals surface area (Å²) < 4.78 is 0. The van der Waals surface area contributed by atoms with Crippen molar-refractivity contribution in [3.63, 3.8) is 0 Å². The first-order chi connectivity index (χ1) is 9.00. The first kappa shape index (κ1) is 13.1. The van der Waals surface area contributed by atoms with Gasteiger partial charge in [-0.25, -0.2) is 4.79 Å². The molecule has 0 saturated carbocycles. The third kappa shape index (κ3) is 2.57. The summed E-state index contributed by atoms with van der Waals surface area (Å²) in [7, 11) is 1.37. The van der Waals surface area contributed by atoms with Crippen LogP contribution in [0.3, 0.4) is 0 Å². The van der Waals surface area contributed by atoms with E-state index in [0.29, 0.717) is 6.42 Å². The second kappa shape index (κ2) is 5.09. The zero-order valence-corrected chi connectivity index (χ0v) is 10.4. The molecule has 19 heavy (non-hydrogen) atoms. The number of benzene rings is 1. The van der Waals surface area contributed by atoms with Crippen molar-refractivity contribution in [3.8, 4) is 0 Å². The molecule has 100 valence electrons. The van der Waals surface area contributed by atoms with Crippen LogP contribution in [0.15, 0.2) is 30.3 Å². The number of nitrogens with zero attached hydrogens (tertiary/aromatic N) is 2. The fourth-order valence-corrected chi connectivity index (χ4v) is 2.14. The van der Waals surface area contributed by atoms with Gasteiger partial charge in [0.25, 0.3) is 5.91 Å². The molecule has 0 bridgehead atoms. The number of amides is 3. The van der Waals surface area contributed by atoms with E-state index in [0.717, 1.165) is 15.4 Å². The summed E-state index contributed by atoms with van der Waals surface area (Å²) in [5.41, 5.74) is 0.888. The number of hydrogen-bond acceptors (Lipinski definition) is 3. The van der Waals surface area contributed by atoms with Crippen LogP contribution >= 0.6 is 0 Å². The van der Waals surface area contributed by atoms with E-state index in [1.54, 1.807) is 0 Å². The molecule has 1 atom stereocenters. The van der Waals surface area contributed by atoms with Gasteiger partial charge in [0.15, 0.2) is 0 Å². The minimum absolute atomic E-state index is 0.322. The molecular formula is C13H14N2O4. The highest BCUT2D eigenvalue weighted by Gasteiger charge is 2.43. The van der Waals surface area contributed by atoms with Crippen molar-refractivity contribution < 1.29 is 19.5 Å². The topological polar surface area (TPSA) is 77.9 Å². The Bertz CT molecular complexity index is 515. The molecule has 2 rings (SSSR count). The maximum absolute atomic E-state index is 12.0. The average molecular weight is 262 g/mol. The van der Waals surface area contributed by atoms with Gasteiger partial charge in [0, 0.05) is 13.5 Å². The quantitative estimate of drug-likeness (QED) is 0.805. The van der Waals surface area contributed by atoms with Gasteiger partial charge >= 0.3 is 12.0 Å². The normalized spacial score (nSPS) is 19.1. The Morgan fingerprint density at radius 1 is 1.26 bits per heavy atom. The number of carbonyl (C=O) groups is 3. The molecule has 1 saturated heterocycles. The minimum Gasteiger partial charge on any atom is -0.480 e. The SMILES string of the molecule is CN1C(=O)C(Cc2ccccc2)N(CC(=O)O)C1=O. The van der Waals surface area contributed by atoms with E-state index in [-0.39, 0.29) is 5.91 Å². The average Bonchev–Trinajstić information content (AvgIpc) is 2.57. The molecule has 1 aromatic carbocycles. The fourth-order valence-electron chi connectivity index (χ4n) is 2.14. The van der Waals surface area contributed by atoms with Crippen LogP contribution in [-0.4, -0.2) is 52.4 Å². The Morgan fingerprint density at radius 2 is 1.89 bits per heavy atom. The summed E-state index contributed by atoms with van der Waals surface area (Å²) in [6.07, 6.45) is 0.322. The van der Waals surface area contributed by atoms with Crippen molar-refractivity contribution >= 4 is 17.9 Å². The summed E-state index contributed by atoms with van der Waals surface area (Å²) in [6, 6.07) is 7.91. The van der Waals surface area contributed by atoms with Crippen LogP contribution in [0, 0.1) is 0 Å². The van der Waals surface area contributed by atoms with E-state index >= 15 is 0 Å². The minimum atomic E-state index is -1.13. The number of carboxylic acid groups (broad SMARTS) is 1. The van der Waals surface area contributed by atoms with Crippen molar-refractivity contribution in [2.24, 2.45) is 0 Å². The lowest BCUT2D eigenvalue weighted by Crippen LogP contribution is -2.40. The predicted molar refractivity (Wildman–Crippen MR) is 66.4 cm³/mol. The molecule has 1 aliphatic rings. The Kier molecular flexibility index (Phi) is 3.50. The van der Waals surface area contributed by atoms with E-state index in [1.807, 2.05) is 30.3 Å². The molecule has 1 heterocycles. The molecule has 0 radical (unpaired) electrons. The molecule has 1 aliphatic heterocycles. The zero-order chi connectivity index (χ0) is 14.0. The zero-order valence-electron chi connectivity index (χ0n) is 10.4. The number of carboxylic acids is 1. The maximum atomic E-state index is 12.0. The van der Waals surface area contributed by atoms with Gasteiger partial charge in [0.1, 0.15) is 12.6 Å². The van der Waals surface area contributed by atoms with Crippen molar-refractivity contribution in [1.82, 2.24) is 9.80 Å². The van der Waals surface area contributed by atoms with Gasteiger partial charge in [-0.1, -0.05) is 30.3 Å². The van der Waals surface area contributed by atoms with E-state index < -0.39 is 24.6 Å². The highest BCUT2D eigenvalue weighted by molar-refractivity contribution is 6.05. The van der Waals surface area contributed by atoms with Crippen LogP contribution in [0.1, 0.15) is 5.56 Å². The van der Waals surface area contributed by atoms with Gasteiger partial charge in [-0.15, -0.1) is 0 Å². The first-order valence-electron chi connectivity index (χ1n) is 5.84. The summed E-state index contributed by atoms with van der Waals surface area (Å²) >= 11 is 0. The number of imide groups is 1. The van der Waals surface area contributed by atoms with E-state index in [2.05, 4.69) is 0 Å². The van der Waals surface area contributed by atoms with Gasteiger partial charge < -0.3 is 10.0 Å². The fraction of sp³-hybridized carbons (Fsp3) is 0.308. The van der Waals surface area contributed by atoms with Gasteiger partial charge in [-0.05, 0) is 5.56 Å². The Balaban J connectivity index is 2.22. The lowest BCUT2D eigenvalue weighted by atomic mass is 10.1. The second-order valence-electron chi connectivity index (χ2n) is 4.41.